The summed E-state index contributed by atoms with van der Waals surface area (Å²) in [7, 11) is 0. The van der Waals surface area contributed by atoms with Crippen LogP contribution in [0.3, 0.4) is 0 Å². The highest BCUT2D eigenvalue weighted by Gasteiger charge is 2.17. The van der Waals surface area contributed by atoms with Crippen molar-refractivity contribution in [2.24, 2.45) is 5.73 Å². The molecule has 2 amide bonds. The Hall–Kier alpha value is -2.14. The fraction of sp³-hybridized carbons (Fsp3) is 0.294. The number of hydrogen-bond donors (Lipinski definition) is 1. The van der Waals surface area contributed by atoms with E-state index in [1.807, 2.05) is 50.2 Å². The van der Waals surface area contributed by atoms with Crippen molar-refractivity contribution in [2.75, 3.05) is 11.4 Å². The Morgan fingerprint density at radius 3 is 2.55 bits per heavy atom. The van der Waals surface area contributed by atoms with E-state index in [-0.39, 0.29) is 12.3 Å². The molecule has 5 heteroatoms. The van der Waals surface area contributed by atoms with Gasteiger partial charge < -0.3 is 10.6 Å². The number of thiophene rings is 1. The van der Waals surface area contributed by atoms with Gasteiger partial charge >= 0.3 is 0 Å². The van der Waals surface area contributed by atoms with Crippen LogP contribution in [0, 0.1) is 13.8 Å². The van der Waals surface area contributed by atoms with Gasteiger partial charge in [-0.15, -0.1) is 11.3 Å². The molecule has 0 saturated heterocycles. The van der Waals surface area contributed by atoms with Crippen LogP contribution in [0.4, 0.5) is 5.69 Å². The number of nitrogens with zero attached hydrogens (tertiary/aromatic N) is 1. The number of rotatable bonds is 6. The van der Waals surface area contributed by atoms with Crippen molar-refractivity contribution in [3.63, 3.8) is 0 Å². The number of aryl methyl sites for hydroxylation is 2. The highest BCUT2D eigenvalue weighted by Crippen LogP contribution is 2.20. The fourth-order valence-corrected chi connectivity index (χ4v) is 3.12. The summed E-state index contributed by atoms with van der Waals surface area (Å²) in [6, 6.07) is 11.7. The molecule has 0 atom stereocenters. The second-order valence-electron chi connectivity index (χ2n) is 5.29. The number of carbonyl (C=O) groups excluding carboxylic acids is 2. The van der Waals surface area contributed by atoms with Crippen LogP contribution in [0.15, 0.2) is 36.4 Å². The van der Waals surface area contributed by atoms with E-state index in [4.69, 9.17) is 5.73 Å². The number of benzene rings is 1. The summed E-state index contributed by atoms with van der Waals surface area (Å²) < 4.78 is 0. The quantitative estimate of drug-likeness (QED) is 0.890. The number of amides is 2. The van der Waals surface area contributed by atoms with Gasteiger partial charge in [0.2, 0.25) is 11.8 Å². The molecule has 1 aromatic carbocycles. The molecule has 0 bridgehead atoms. The maximum atomic E-state index is 12.6. The molecule has 0 unspecified atom stereocenters. The Morgan fingerprint density at radius 1 is 1.18 bits per heavy atom. The van der Waals surface area contributed by atoms with Crippen molar-refractivity contribution in [3.8, 4) is 0 Å². The summed E-state index contributed by atoms with van der Waals surface area (Å²) in [5.41, 5.74) is 7.11. The molecule has 0 spiro atoms. The van der Waals surface area contributed by atoms with Gasteiger partial charge in [0, 0.05) is 28.4 Å². The van der Waals surface area contributed by atoms with E-state index in [1.165, 1.54) is 4.88 Å². The van der Waals surface area contributed by atoms with Crippen LogP contribution in [0.1, 0.15) is 21.7 Å². The predicted molar refractivity (Wildman–Crippen MR) is 90.1 cm³/mol. The van der Waals surface area contributed by atoms with Crippen molar-refractivity contribution >= 4 is 28.8 Å². The molecule has 0 aliphatic rings. The second kappa shape index (κ2) is 7.22. The van der Waals surface area contributed by atoms with Crippen molar-refractivity contribution in [2.45, 2.75) is 26.7 Å². The normalized spacial score (nSPS) is 10.5. The molecule has 2 rings (SSSR count). The lowest BCUT2D eigenvalue weighted by molar-refractivity contribution is -0.118. The minimum absolute atomic E-state index is 0.0197. The Morgan fingerprint density at radius 2 is 1.95 bits per heavy atom. The lowest BCUT2D eigenvalue weighted by Crippen LogP contribution is -2.35. The highest BCUT2D eigenvalue weighted by atomic mass is 32.1. The number of nitrogens with two attached hydrogens (primary N) is 1. The zero-order valence-electron chi connectivity index (χ0n) is 12.8. The van der Waals surface area contributed by atoms with Crippen molar-refractivity contribution in [1.82, 2.24) is 0 Å². The van der Waals surface area contributed by atoms with Gasteiger partial charge in [-0.3, -0.25) is 9.59 Å². The molecule has 4 nitrogen and oxygen atoms in total. The summed E-state index contributed by atoms with van der Waals surface area (Å²) in [6.07, 6.45) is 0.494. The van der Waals surface area contributed by atoms with Crippen LogP contribution in [0.25, 0.3) is 0 Å². The summed E-state index contributed by atoms with van der Waals surface area (Å²) in [6.45, 7) is 4.30. The Kier molecular flexibility index (Phi) is 5.33. The summed E-state index contributed by atoms with van der Waals surface area (Å²) in [4.78, 5) is 27.6. The third-order valence-corrected chi connectivity index (χ3v) is 4.32. The van der Waals surface area contributed by atoms with Crippen LogP contribution < -0.4 is 10.6 Å². The molecular formula is C17H20N2O2S. The average Bonchev–Trinajstić information content (AvgIpc) is 2.84. The smallest absolute Gasteiger partial charge is 0.232 e. The molecule has 0 fully saturated rings. The fourth-order valence-electron chi connectivity index (χ4n) is 2.24. The zero-order chi connectivity index (χ0) is 16.1. The molecule has 0 radical (unpaired) electrons. The van der Waals surface area contributed by atoms with E-state index in [1.54, 1.807) is 16.2 Å². The molecule has 22 heavy (non-hydrogen) atoms. The SMILES string of the molecule is Cc1cccc(N(CCC(N)=O)C(=O)Cc2ccc(C)s2)c1. The van der Waals surface area contributed by atoms with Gasteiger partial charge in [-0.25, -0.2) is 0 Å². The maximum Gasteiger partial charge on any atom is 0.232 e. The number of hydrogen-bond acceptors (Lipinski definition) is 3. The molecule has 1 aromatic heterocycles. The summed E-state index contributed by atoms with van der Waals surface area (Å²) in [5, 5.41) is 0. The average molecular weight is 316 g/mol. The van der Waals surface area contributed by atoms with Crippen LogP contribution in [0.2, 0.25) is 0 Å². The third kappa shape index (κ3) is 4.43. The highest BCUT2D eigenvalue weighted by molar-refractivity contribution is 7.12. The van der Waals surface area contributed by atoms with Crippen LogP contribution in [-0.4, -0.2) is 18.4 Å². The first-order valence-electron chi connectivity index (χ1n) is 7.16. The Labute approximate surface area is 134 Å². The van der Waals surface area contributed by atoms with E-state index >= 15 is 0 Å². The maximum absolute atomic E-state index is 12.6. The lowest BCUT2D eigenvalue weighted by Gasteiger charge is -2.22. The van der Waals surface area contributed by atoms with Gasteiger partial charge in [-0.2, -0.15) is 0 Å². The minimum atomic E-state index is -0.405. The minimum Gasteiger partial charge on any atom is -0.370 e. The predicted octanol–water partition coefficient (Wildman–Crippen LogP) is 2.82. The molecule has 116 valence electrons. The van der Waals surface area contributed by atoms with E-state index in [2.05, 4.69) is 0 Å². The monoisotopic (exact) mass is 316 g/mol. The second-order valence-corrected chi connectivity index (χ2v) is 6.66. The molecule has 0 aliphatic heterocycles. The van der Waals surface area contributed by atoms with E-state index in [9.17, 15) is 9.59 Å². The molecule has 2 aromatic rings. The van der Waals surface area contributed by atoms with Gasteiger partial charge in [0.15, 0.2) is 0 Å². The Balaban J connectivity index is 2.19. The first-order chi connectivity index (χ1) is 10.5. The zero-order valence-corrected chi connectivity index (χ0v) is 13.7. The van der Waals surface area contributed by atoms with Crippen molar-refractivity contribution in [3.05, 3.63) is 51.7 Å². The van der Waals surface area contributed by atoms with Gasteiger partial charge in [-0.05, 0) is 43.7 Å². The van der Waals surface area contributed by atoms with Gasteiger partial charge in [0.05, 0.1) is 6.42 Å². The van der Waals surface area contributed by atoms with Crippen LogP contribution >= 0.6 is 11.3 Å². The number of carbonyl (C=O) groups is 2. The molecule has 1 heterocycles. The molecule has 0 aliphatic carbocycles. The molecular weight excluding hydrogens is 296 g/mol. The summed E-state index contributed by atoms with van der Waals surface area (Å²) >= 11 is 1.62. The molecule has 2 N–H and O–H groups in total. The van der Waals surface area contributed by atoms with E-state index < -0.39 is 5.91 Å². The topological polar surface area (TPSA) is 63.4 Å². The number of primary amides is 1. The van der Waals surface area contributed by atoms with Crippen LogP contribution in [0.5, 0.6) is 0 Å². The third-order valence-electron chi connectivity index (χ3n) is 3.32. The van der Waals surface area contributed by atoms with Crippen molar-refractivity contribution in [1.29, 1.82) is 0 Å². The van der Waals surface area contributed by atoms with E-state index in [0.29, 0.717) is 13.0 Å². The first-order valence-corrected chi connectivity index (χ1v) is 7.98. The first kappa shape index (κ1) is 16.2. The van der Waals surface area contributed by atoms with Crippen molar-refractivity contribution < 1.29 is 9.59 Å². The largest absolute Gasteiger partial charge is 0.370 e. The van der Waals surface area contributed by atoms with Gasteiger partial charge in [0.1, 0.15) is 0 Å². The summed E-state index contributed by atoms with van der Waals surface area (Å²) in [5.74, 6) is -0.425. The number of anilines is 1. The Bertz CT molecular complexity index is 679. The van der Waals surface area contributed by atoms with Crippen LogP contribution in [-0.2, 0) is 16.0 Å². The standard InChI is InChI=1S/C17H20N2O2S/c1-12-4-3-5-14(10-12)19(9-8-16(18)20)17(21)11-15-7-6-13(2)22-15/h3-7,10H,8-9,11H2,1-2H3,(H2,18,20). The van der Waals surface area contributed by atoms with E-state index in [0.717, 1.165) is 16.1 Å². The van der Waals surface area contributed by atoms with Gasteiger partial charge in [0.25, 0.3) is 0 Å². The lowest BCUT2D eigenvalue weighted by atomic mass is 10.2. The molecule has 0 saturated carbocycles. The van der Waals surface area contributed by atoms with Gasteiger partial charge in [-0.1, -0.05) is 12.1 Å².